The van der Waals surface area contributed by atoms with Gasteiger partial charge in [-0.25, -0.2) is 4.98 Å². The number of nitrogens with two attached hydrogens (primary N) is 1. The summed E-state index contributed by atoms with van der Waals surface area (Å²) in [6, 6.07) is 0.233. The summed E-state index contributed by atoms with van der Waals surface area (Å²) in [5.74, 6) is 0.501. The molecule has 1 heterocycles. The largest absolute Gasteiger partial charge is 0.328 e. The molecule has 15 heavy (non-hydrogen) atoms. The highest BCUT2D eigenvalue weighted by Crippen LogP contribution is 2.26. The van der Waals surface area contributed by atoms with Crippen LogP contribution in [-0.4, -0.2) is 16.8 Å². The molecule has 0 radical (unpaired) electrons. The van der Waals surface area contributed by atoms with Crippen molar-refractivity contribution < 1.29 is 4.79 Å². The number of hydrogen-bond donors (Lipinski definition) is 1. The molecule has 0 saturated heterocycles. The Morgan fingerprint density at radius 1 is 1.67 bits per heavy atom. The summed E-state index contributed by atoms with van der Waals surface area (Å²) >= 11 is 1.57. The maximum Gasteiger partial charge on any atom is 0.142 e. The highest BCUT2D eigenvalue weighted by Gasteiger charge is 2.27. The maximum atomic E-state index is 11.9. The van der Waals surface area contributed by atoms with Gasteiger partial charge in [0.05, 0.1) is 6.42 Å². The zero-order valence-corrected chi connectivity index (χ0v) is 9.72. The summed E-state index contributed by atoms with van der Waals surface area (Å²) in [6.07, 6.45) is 3.32. The van der Waals surface area contributed by atoms with Crippen molar-refractivity contribution in [2.75, 3.05) is 0 Å². The molecule has 0 bridgehead atoms. The first-order valence-electron chi connectivity index (χ1n) is 5.34. The van der Waals surface area contributed by atoms with Crippen molar-refractivity contribution in [3.63, 3.8) is 0 Å². The SMILES string of the molecule is Cc1csc(CC(=O)C2CCC(N)C2)n1. The van der Waals surface area contributed by atoms with Gasteiger partial charge in [-0.2, -0.15) is 0 Å². The molecule has 3 nitrogen and oxygen atoms in total. The summed E-state index contributed by atoms with van der Waals surface area (Å²) in [7, 11) is 0. The number of thiazole rings is 1. The van der Waals surface area contributed by atoms with Crippen molar-refractivity contribution in [3.8, 4) is 0 Å². The number of rotatable bonds is 3. The number of carbonyl (C=O) groups excluding carboxylic acids is 1. The van der Waals surface area contributed by atoms with Crippen molar-refractivity contribution in [1.29, 1.82) is 0 Å². The minimum absolute atomic E-state index is 0.184. The third-order valence-electron chi connectivity index (χ3n) is 2.92. The van der Waals surface area contributed by atoms with Gasteiger partial charge in [-0.15, -0.1) is 11.3 Å². The van der Waals surface area contributed by atoms with Crippen molar-refractivity contribution in [3.05, 3.63) is 16.1 Å². The summed E-state index contributed by atoms with van der Waals surface area (Å²) < 4.78 is 0. The summed E-state index contributed by atoms with van der Waals surface area (Å²) in [5.41, 5.74) is 6.80. The molecule has 2 unspecified atom stereocenters. The van der Waals surface area contributed by atoms with Crippen LogP contribution in [-0.2, 0) is 11.2 Å². The van der Waals surface area contributed by atoms with Crippen LogP contribution in [0.4, 0.5) is 0 Å². The van der Waals surface area contributed by atoms with Crippen molar-refractivity contribution in [2.24, 2.45) is 11.7 Å². The standard InChI is InChI=1S/C11H16N2OS/c1-7-6-15-11(13-7)5-10(14)8-2-3-9(12)4-8/h6,8-9H,2-5,12H2,1H3. The molecule has 4 heteroatoms. The highest BCUT2D eigenvalue weighted by molar-refractivity contribution is 7.09. The molecular formula is C11H16N2OS. The van der Waals surface area contributed by atoms with E-state index in [4.69, 9.17) is 5.73 Å². The quantitative estimate of drug-likeness (QED) is 0.850. The van der Waals surface area contributed by atoms with Crippen molar-refractivity contribution in [2.45, 2.75) is 38.6 Å². The van der Waals surface area contributed by atoms with E-state index in [9.17, 15) is 4.79 Å². The van der Waals surface area contributed by atoms with Gasteiger partial charge in [0.15, 0.2) is 0 Å². The molecule has 1 saturated carbocycles. The fourth-order valence-corrected chi connectivity index (χ4v) is 2.87. The molecule has 0 amide bonds. The Hall–Kier alpha value is -0.740. The lowest BCUT2D eigenvalue weighted by molar-refractivity contribution is -0.122. The zero-order chi connectivity index (χ0) is 10.8. The molecule has 1 aromatic heterocycles. The zero-order valence-electron chi connectivity index (χ0n) is 8.90. The molecule has 0 aliphatic heterocycles. The second kappa shape index (κ2) is 4.41. The van der Waals surface area contributed by atoms with Gasteiger partial charge in [0.25, 0.3) is 0 Å². The molecular weight excluding hydrogens is 208 g/mol. The van der Waals surface area contributed by atoms with E-state index in [-0.39, 0.29) is 12.0 Å². The van der Waals surface area contributed by atoms with Gasteiger partial charge in [-0.1, -0.05) is 0 Å². The lowest BCUT2D eigenvalue weighted by atomic mass is 10.0. The second-order valence-corrected chi connectivity index (χ2v) is 5.24. The van der Waals surface area contributed by atoms with Crippen LogP contribution >= 0.6 is 11.3 Å². The summed E-state index contributed by atoms with van der Waals surface area (Å²) in [5, 5.41) is 2.93. The fourth-order valence-electron chi connectivity index (χ4n) is 2.09. The Labute approximate surface area is 93.7 Å². The van der Waals surface area contributed by atoms with E-state index >= 15 is 0 Å². The number of hydrogen-bond acceptors (Lipinski definition) is 4. The Morgan fingerprint density at radius 3 is 3.00 bits per heavy atom. The first-order chi connectivity index (χ1) is 7.15. The van der Waals surface area contributed by atoms with Gasteiger partial charge in [0, 0.05) is 23.0 Å². The van der Waals surface area contributed by atoms with E-state index in [0.29, 0.717) is 12.2 Å². The average molecular weight is 224 g/mol. The van der Waals surface area contributed by atoms with Crippen molar-refractivity contribution in [1.82, 2.24) is 4.98 Å². The molecule has 1 aromatic rings. The number of Topliss-reactive ketones (excluding diaryl/α,β-unsaturated/α-hetero) is 1. The lowest BCUT2D eigenvalue weighted by Gasteiger charge is -2.06. The van der Waals surface area contributed by atoms with Gasteiger partial charge < -0.3 is 5.73 Å². The minimum Gasteiger partial charge on any atom is -0.328 e. The fraction of sp³-hybridized carbons (Fsp3) is 0.636. The summed E-state index contributed by atoms with van der Waals surface area (Å²) in [6.45, 7) is 1.95. The minimum atomic E-state index is 0.184. The highest BCUT2D eigenvalue weighted by atomic mass is 32.1. The van der Waals surface area contributed by atoms with Gasteiger partial charge in [0.2, 0.25) is 0 Å². The van der Waals surface area contributed by atoms with Gasteiger partial charge in [-0.3, -0.25) is 4.79 Å². The third-order valence-corrected chi connectivity index (χ3v) is 3.89. The van der Waals surface area contributed by atoms with Crippen LogP contribution in [0.1, 0.15) is 30.0 Å². The number of aromatic nitrogens is 1. The number of ketones is 1. The molecule has 1 aliphatic carbocycles. The molecule has 0 spiro atoms. The van der Waals surface area contributed by atoms with E-state index < -0.39 is 0 Å². The molecule has 0 aromatic carbocycles. The Morgan fingerprint density at radius 2 is 2.47 bits per heavy atom. The first-order valence-corrected chi connectivity index (χ1v) is 6.22. The second-order valence-electron chi connectivity index (χ2n) is 4.30. The van der Waals surface area contributed by atoms with Gasteiger partial charge in [-0.05, 0) is 26.2 Å². The van der Waals surface area contributed by atoms with Crippen LogP contribution in [0.25, 0.3) is 0 Å². The molecule has 82 valence electrons. The third kappa shape index (κ3) is 2.63. The Kier molecular flexibility index (Phi) is 3.17. The maximum absolute atomic E-state index is 11.9. The van der Waals surface area contributed by atoms with E-state index in [1.54, 1.807) is 11.3 Å². The topological polar surface area (TPSA) is 56.0 Å². The van der Waals surface area contributed by atoms with Crippen LogP contribution in [0.3, 0.4) is 0 Å². The normalized spacial score (nSPS) is 25.7. The molecule has 1 aliphatic rings. The van der Waals surface area contributed by atoms with Gasteiger partial charge in [0.1, 0.15) is 10.8 Å². The number of nitrogens with zero attached hydrogens (tertiary/aromatic N) is 1. The van der Waals surface area contributed by atoms with E-state index in [1.807, 2.05) is 12.3 Å². The molecule has 2 atom stereocenters. The predicted octanol–water partition coefficient (Wildman–Crippen LogP) is 1.69. The predicted molar refractivity (Wildman–Crippen MR) is 60.9 cm³/mol. The molecule has 1 fully saturated rings. The number of carbonyl (C=O) groups is 1. The smallest absolute Gasteiger partial charge is 0.142 e. The van der Waals surface area contributed by atoms with Crippen molar-refractivity contribution >= 4 is 17.1 Å². The van der Waals surface area contributed by atoms with Crippen LogP contribution in [0, 0.1) is 12.8 Å². The van der Waals surface area contributed by atoms with Crippen LogP contribution in [0.15, 0.2) is 5.38 Å². The monoisotopic (exact) mass is 224 g/mol. The van der Waals surface area contributed by atoms with Crippen LogP contribution in [0.5, 0.6) is 0 Å². The number of aryl methyl sites for hydroxylation is 1. The molecule has 2 rings (SSSR count). The van der Waals surface area contributed by atoms with Crippen LogP contribution < -0.4 is 5.73 Å². The average Bonchev–Trinajstić information content (AvgIpc) is 2.75. The summed E-state index contributed by atoms with van der Waals surface area (Å²) in [4.78, 5) is 16.2. The van der Waals surface area contributed by atoms with E-state index in [2.05, 4.69) is 4.98 Å². The first kappa shape index (κ1) is 10.8. The van der Waals surface area contributed by atoms with E-state index in [0.717, 1.165) is 30.0 Å². The van der Waals surface area contributed by atoms with Gasteiger partial charge >= 0.3 is 0 Å². The molecule has 2 N–H and O–H groups in total. The lowest BCUT2D eigenvalue weighted by Crippen LogP contribution is -2.19. The van der Waals surface area contributed by atoms with E-state index in [1.165, 1.54) is 0 Å². The Balaban J connectivity index is 1.92. The van der Waals surface area contributed by atoms with Crippen LogP contribution in [0.2, 0.25) is 0 Å². The Bertz CT molecular complexity index is 361.